The van der Waals surface area contributed by atoms with Crippen molar-refractivity contribution in [1.82, 2.24) is 10.4 Å². The molecule has 1 aromatic heterocycles. The van der Waals surface area contributed by atoms with Gasteiger partial charge in [0.2, 0.25) is 0 Å². The Labute approximate surface area is 130 Å². The molecule has 0 aliphatic rings. The number of aromatic nitrogens is 1. The molecule has 0 aliphatic heterocycles. The standard InChI is InChI=1S/C16H13BrFN3/c17-12-4-5-13(14(18)9-12)16(21-19)11-3-6-15-10(8-11)2-1-7-20-15/h1-9,16,21H,19H2. The summed E-state index contributed by atoms with van der Waals surface area (Å²) in [5.74, 6) is 5.34. The Morgan fingerprint density at radius 3 is 2.76 bits per heavy atom. The molecule has 0 amide bonds. The normalized spacial score (nSPS) is 12.5. The number of hydrogen-bond donors (Lipinski definition) is 2. The first-order valence-electron chi connectivity index (χ1n) is 6.45. The monoisotopic (exact) mass is 345 g/mol. The van der Waals surface area contributed by atoms with Crippen molar-refractivity contribution in [1.29, 1.82) is 0 Å². The summed E-state index contributed by atoms with van der Waals surface area (Å²) in [6.45, 7) is 0. The number of nitrogens with two attached hydrogens (primary N) is 1. The van der Waals surface area contributed by atoms with Crippen LogP contribution < -0.4 is 11.3 Å². The van der Waals surface area contributed by atoms with E-state index in [-0.39, 0.29) is 5.82 Å². The van der Waals surface area contributed by atoms with Gasteiger partial charge >= 0.3 is 0 Å². The third kappa shape index (κ3) is 2.81. The highest BCUT2D eigenvalue weighted by Crippen LogP contribution is 2.27. The summed E-state index contributed by atoms with van der Waals surface area (Å²) < 4.78 is 14.8. The van der Waals surface area contributed by atoms with Crippen LogP contribution in [0.25, 0.3) is 10.9 Å². The Kier molecular flexibility index (Phi) is 3.96. The van der Waals surface area contributed by atoms with Gasteiger partial charge < -0.3 is 0 Å². The SMILES string of the molecule is NNC(c1ccc2ncccc2c1)c1ccc(Br)cc1F. The second-order valence-electron chi connectivity index (χ2n) is 4.72. The molecule has 2 aromatic carbocycles. The molecular weight excluding hydrogens is 333 g/mol. The van der Waals surface area contributed by atoms with E-state index >= 15 is 0 Å². The number of nitrogens with zero attached hydrogens (tertiary/aromatic N) is 1. The summed E-state index contributed by atoms with van der Waals surface area (Å²) in [7, 11) is 0. The molecule has 0 saturated carbocycles. The quantitative estimate of drug-likeness (QED) is 0.562. The Hall–Kier alpha value is -1.82. The number of fused-ring (bicyclic) bond motifs is 1. The highest BCUT2D eigenvalue weighted by atomic mass is 79.9. The van der Waals surface area contributed by atoms with Crippen LogP contribution in [0.5, 0.6) is 0 Å². The minimum absolute atomic E-state index is 0.307. The number of pyridine rings is 1. The molecular formula is C16H13BrFN3. The molecule has 0 radical (unpaired) electrons. The van der Waals surface area contributed by atoms with Gasteiger partial charge in [0.15, 0.2) is 0 Å². The lowest BCUT2D eigenvalue weighted by molar-refractivity contribution is 0.560. The summed E-state index contributed by atoms with van der Waals surface area (Å²) in [5, 5.41) is 0.993. The van der Waals surface area contributed by atoms with Gasteiger partial charge in [0, 0.05) is 21.6 Å². The Morgan fingerprint density at radius 1 is 1.14 bits per heavy atom. The van der Waals surface area contributed by atoms with E-state index in [0.29, 0.717) is 10.0 Å². The maximum Gasteiger partial charge on any atom is 0.129 e. The third-order valence-corrected chi connectivity index (χ3v) is 3.89. The predicted octanol–water partition coefficient (Wildman–Crippen LogP) is 3.69. The smallest absolute Gasteiger partial charge is 0.129 e. The van der Waals surface area contributed by atoms with E-state index in [9.17, 15) is 4.39 Å². The molecule has 5 heteroatoms. The number of rotatable bonds is 3. The Bertz CT molecular complexity index is 791. The molecule has 0 aliphatic carbocycles. The fourth-order valence-corrected chi connectivity index (χ4v) is 2.71. The summed E-state index contributed by atoms with van der Waals surface area (Å²) in [6.07, 6.45) is 1.75. The molecule has 1 heterocycles. The molecule has 1 atom stereocenters. The molecule has 0 bridgehead atoms. The topological polar surface area (TPSA) is 50.9 Å². The van der Waals surface area contributed by atoms with Crippen molar-refractivity contribution in [3.05, 3.63) is 76.1 Å². The van der Waals surface area contributed by atoms with E-state index in [4.69, 9.17) is 5.84 Å². The predicted molar refractivity (Wildman–Crippen MR) is 85.0 cm³/mol. The first-order valence-corrected chi connectivity index (χ1v) is 7.24. The second kappa shape index (κ2) is 5.89. The lowest BCUT2D eigenvalue weighted by atomic mass is 9.97. The van der Waals surface area contributed by atoms with Crippen molar-refractivity contribution in [2.75, 3.05) is 0 Å². The summed E-state index contributed by atoms with van der Waals surface area (Å²) in [4.78, 5) is 4.28. The van der Waals surface area contributed by atoms with E-state index in [2.05, 4.69) is 26.3 Å². The summed E-state index contributed by atoms with van der Waals surface area (Å²) in [6, 6.07) is 14.2. The molecule has 3 nitrogen and oxygen atoms in total. The lowest BCUT2D eigenvalue weighted by Crippen LogP contribution is -2.29. The van der Waals surface area contributed by atoms with Gasteiger partial charge in [-0.3, -0.25) is 10.8 Å². The van der Waals surface area contributed by atoms with Crippen LogP contribution in [0.3, 0.4) is 0 Å². The molecule has 106 valence electrons. The van der Waals surface area contributed by atoms with Crippen molar-refractivity contribution in [2.45, 2.75) is 6.04 Å². The van der Waals surface area contributed by atoms with Crippen molar-refractivity contribution >= 4 is 26.8 Å². The van der Waals surface area contributed by atoms with Gasteiger partial charge in [0.05, 0.1) is 11.6 Å². The van der Waals surface area contributed by atoms with Crippen LogP contribution in [0.15, 0.2) is 59.2 Å². The van der Waals surface area contributed by atoms with E-state index in [0.717, 1.165) is 16.5 Å². The Morgan fingerprint density at radius 2 is 2.00 bits per heavy atom. The summed E-state index contributed by atoms with van der Waals surface area (Å²) >= 11 is 3.26. The van der Waals surface area contributed by atoms with Crippen molar-refractivity contribution in [2.24, 2.45) is 5.84 Å². The van der Waals surface area contributed by atoms with Crippen molar-refractivity contribution in [3.63, 3.8) is 0 Å². The van der Waals surface area contributed by atoms with E-state index < -0.39 is 6.04 Å². The fraction of sp³-hybridized carbons (Fsp3) is 0.0625. The maximum absolute atomic E-state index is 14.1. The zero-order chi connectivity index (χ0) is 14.8. The number of nitrogens with one attached hydrogen (secondary N) is 1. The van der Waals surface area contributed by atoms with Crippen LogP contribution >= 0.6 is 15.9 Å². The largest absolute Gasteiger partial charge is 0.271 e. The first kappa shape index (κ1) is 14.1. The number of hydrazine groups is 1. The zero-order valence-corrected chi connectivity index (χ0v) is 12.6. The number of benzene rings is 2. The molecule has 3 aromatic rings. The molecule has 0 saturated heterocycles. The van der Waals surface area contributed by atoms with E-state index in [1.54, 1.807) is 18.3 Å². The molecule has 3 N–H and O–H groups in total. The summed E-state index contributed by atoms with van der Waals surface area (Å²) in [5.41, 5.74) is 4.97. The van der Waals surface area contributed by atoms with Gasteiger partial charge in [-0.1, -0.05) is 34.1 Å². The van der Waals surface area contributed by atoms with Crippen molar-refractivity contribution < 1.29 is 4.39 Å². The Balaban J connectivity index is 2.09. The van der Waals surface area contributed by atoms with Gasteiger partial charge in [0.1, 0.15) is 5.82 Å². The minimum Gasteiger partial charge on any atom is -0.271 e. The van der Waals surface area contributed by atoms with Crippen molar-refractivity contribution in [3.8, 4) is 0 Å². The zero-order valence-electron chi connectivity index (χ0n) is 11.1. The number of hydrogen-bond acceptors (Lipinski definition) is 3. The first-order chi connectivity index (χ1) is 10.2. The van der Waals surface area contributed by atoms with Gasteiger partial charge in [-0.15, -0.1) is 0 Å². The minimum atomic E-state index is -0.414. The van der Waals surface area contributed by atoms with Gasteiger partial charge in [-0.25, -0.2) is 9.82 Å². The molecule has 3 rings (SSSR count). The molecule has 1 unspecified atom stereocenters. The van der Waals surface area contributed by atoms with Crippen LogP contribution in [0.1, 0.15) is 17.2 Å². The van der Waals surface area contributed by atoms with Gasteiger partial charge in [0.25, 0.3) is 0 Å². The van der Waals surface area contributed by atoms with Crippen LogP contribution in [0, 0.1) is 5.82 Å². The van der Waals surface area contributed by atoms with Crippen LogP contribution in [-0.2, 0) is 0 Å². The maximum atomic E-state index is 14.1. The van der Waals surface area contributed by atoms with Gasteiger partial charge in [-0.2, -0.15) is 0 Å². The average Bonchev–Trinajstić information content (AvgIpc) is 2.50. The lowest BCUT2D eigenvalue weighted by Gasteiger charge is -2.18. The van der Waals surface area contributed by atoms with Crippen LogP contribution in [-0.4, -0.2) is 4.98 Å². The molecule has 0 fully saturated rings. The number of halogens is 2. The third-order valence-electron chi connectivity index (χ3n) is 3.40. The second-order valence-corrected chi connectivity index (χ2v) is 5.64. The van der Waals surface area contributed by atoms with E-state index in [1.807, 2.05) is 30.3 Å². The molecule has 0 spiro atoms. The average molecular weight is 346 g/mol. The van der Waals surface area contributed by atoms with E-state index in [1.165, 1.54) is 6.07 Å². The van der Waals surface area contributed by atoms with Gasteiger partial charge in [-0.05, 0) is 35.9 Å². The highest BCUT2D eigenvalue weighted by molar-refractivity contribution is 9.10. The van der Waals surface area contributed by atoms with Crippen LogP contribution in [0.4, 0.5) is 4.39 Å². The highest BCUT2D eigenvalue weighted by Gasteiger charge is 2.17. The molecule has 21 heavy (non-hydrogen) atoms. The van der Waals surface area contributed by atoms with Crippen LogP contribution in [0.2, 0.25) is 0 Å². The fourth-order valence-electron chi connectivity index (χ4n) is 2.37.